The quantitative estimate of drug-likeness (QED) is 0.555. The fourth-order valence-corrected chi connectivity index (χ4v) is 6.39. The van der Waals surface area contributed by atoms with Gasteiger partial charge in [0.2, 0.25) is 11.8 Å². The number of hydrogen-bond donors (Lipinski definition) is 1. The summed E-state index contributed by atoms with van der Waals surface area (Å²) >= 11 is 1.57. The second-order valence-corrected chi connectivity index (χ2v) is 10.9. The molecule has 2 saturated heterocycles. The van der Waals surface area contributed by atoms with E-state index in [0.29, 0.717) is 12.5 Å². The summed E-state index contributed by atoms with van der Waals surface area (Å²) in [7, 11) is 0. The van der Waals surface area contributed by atoms with Crippen LogP contribution in [0, 0.1) is 5.92 Å². The van der Waals surface area contributed by atoms with Gasteiger partial charge in [0.1, 0.15) is 17.5 Å². The van der Waals surface area contributed by atoms with E-state index in [2.05, 4.69) is 5.32 Å². The molecule has 0 spiro atoms. The van der Waals surface area contributed by atoms with E-state index in [9.17, 15) is 14.4 Å². The van der Waals surface area contributed by atoms with E-state index in [0.717, 1.165) is 18.4 Å². The summed E-state index contributed by atoms with van der Waals surface area (Å²) in [4.78, 5) is 39.8. The van der Waals surface area contributed by atoms with Gasteiger partial charge in [-0.05, 0) is 38.2 Å². The molecule has 2 heterocycles. The number of carbonyl (C=O) groups excluding carboxylic acids is 3. The van der Waals surface area contributed by atoms with E-state index in [1.54, 1.807) is 16.7 Å². The lowest BCUT2D eigenvalue weighted by Gasteiger charge is -2.44. The third-order valence-corrected chi connectivity index (χ3v) is 7.95. The standard InChI is InChI=1S/C23H30N2O4S/c1-23(2)19(22(28)29-14-16-11-7-4-8-12-16)25-20(27)18(21(25)30-23)24-17(26)13-15-9-5-3-6-10-15/h3,5-6,9-10,16,18-19,21H,4,7-8,11-14H2,1-2H3,(H,24,26)/t18-,19+,21-/m1/s1. The summed E-state index contributed by atoms with van der Waals surface area (Å²) in [5.41, 5.74) is 0.905. The van der Waals surface area contributed by atoms with Crippen molar-refractivity contribution in [2.24, 2.45) is 5.92 Å². The molecule has 0 unspecified atom stereocenters. The maximum atomic E-state index is 12.9. The number of nitrogens with zero attached hydrogens (tertiary/aromatic N) is 1. The van der Waals surface area contributed by atoms with Crippen molar-refractivity contribution in [2.75, 3.05) is 6.61 Å². The smallest absolute Gasteiger partial charge is 0.330 e. The molecule has 1 saturated carbocycles. The van der Waals surface area contributed by atoms with Crippen LogP contribution in [0.25, 0.3) is 0 Å². The first kappa shape index (κ1) is 21.2. The second-order valence-electron chi connectivity index (χ2n) is 9.10. The monoisotopic (exact) mass is 430 g/mol. The Morgan fingerprint density at radius 1 is 1.17 bits per heavy atom. The number of esters is 1. The minimum Gasteiger partial charge on any atom is -0.464 e. The van der Waals surface area contributed by atoms with Crippen LogP contribution in [0.5, 0.6) is 0 Å². The van der Waals surface area contributed by atoms with Gasteiger partial charge < -0.3 is 15.0 Å². The molecule has 1 aromatic rings. The summed E-state index contributed by atoms with van der Waals surface area (Å²) in [6.45, 7) is 4.39. The number of carbonyl (C=O) groups is 3. The zero-order valence-electron chi connectivity index (χ0n) is 17.6. The zero-order chi connectivity index (χ0) is 21.3. The van der Waals surface area contributed by atoms with Gasteiger partial charge in [0.25, 0.3) is 0 Å². The molecule has 162 valence electrons. The highest BCUT2D eigenvalue weighted by molar-refractivity contribution is 8.01. The molecule has 3 atom stereocenters. The summed E-state index contributed by atoms with van der Waals surface area (Å²) in [6.07, 6.45) is 6.11. The number of amides is 2. The molecule has 3 fully saturated rings. The Balaban J connectivity index is 1.35. The molecule has 0 radical (unpaired) electrons. The Morgan fingerprint density at radius 3 is 2.57 bits per heavy atom. The largest absolute Gasteiger partial charge is 0.464 e. The number of benzene rings is 1. The molecule has 7 heteroatoms. The van der Waals surface area contributed by atoms with Crippen LogP contribution >= 0.6 is 11.8 Å². The van der Waals surface area contributed by atoms with Crippen molar-refractivity contribution in [1.82, 2.24) is 10.2 Å². The fraction of sp³-hybridized carbons (Fsp3) is 0.609. The predicted octanol–water partition coefficient (Wildman–Crippen LogP) is 2.90. The molecule has 0 aromatic heterocycles. The molecule has 3 aliphatic rings. The third-order valence-electron chi connectivity index (χ3n) is 6.37. The van der Waals surface area contributed by atoms with Crippen molar-refractivity contribution in [3.63, 3.8) is 0 Å². The Hall–Kier alpha value is -2.02. The zero-order valence-corrected chi connectivity index (χ0v) is 18.5. The van der Waals surface area contributed by atoms with Crippen LogP contribution in [-0.4, -0.2) is 51.5 Å². The molecule has 2 amide bonds. The Kier molecular flexibility index (Phi) is 6.09. The molecule has 30 heavy (non-hydrogen) atoms. The summed E-state index contributed by atoms with van der Waals surface area (Å²) in [6, 6.07) is 8.27. The molecule has 1 aliphatic carbocycles. The maximum absolute atomic E-state index is 12.9. The highest BCUT2D eigenvalue weighted by atomic mass is 32.2. The Bertz CT molecular complexity index is 807. The van der Waals surface area contributed by atoms with Crippen molar-refractivity contribution in [2.45, 2.75) is 74.6 Å². The minimum absolute atomic E-state index is 0.180. The van der Waals surface area contributed by atoms with Gasteiger partial charge in [-0.3, -0.25) is 9.59 Å². The highest BCUT2D eigenvalue weighted by Gasteiger charge is 2.64. The fourth-order valence-electron chi connectivity index (χ4n) is 4.76. The number of ether oxygens (including phenoxy) is 1. The molecular weight excluding hydrogens is 400 g/mol. The number of β-lactam (4-membered cyclic amide) rings is 1. The van der Waals surface area contributed by atoms with E-state index in [1.807, 2.05) is 44.2 Å². The van der Waals surface area contributed by atoms with Crippen LogP contribution in [0.15, 0.2) is 30.3 Å². The molecular formula is C23H30N2O4S. The first-order valence-electron chi connectivity index (χ1n) is 10.9. The normalized spacial score (nSPS) is 27.9. The Labute approximate surface area is 182 Å². The minimum atomic E-state index is -0.606. The molecule has 0 bridgehead atoms. The number of nitrogens with one attached hydrogen (secondary N) is 1. The van der Waals surface area contributed by atoms with Gasteiger partial charge in [-0.1, -0.05) is 49.6 Å². The maximum Gasteiger partial charge on any atom is 0.330 e. The van der Waals surface area contributed by atoms with Crippen LogP contribution < -0.4 is 5.32 Å². The van der Waals surface area contributed by atoms with Gasteiger partial charge in [0.15, 0.2) is 0 Å². The van der Waals surface area contributed by atoms with Crippen LogP contribution in [0.1, 0.15) is 51.5 Å². The highest BCUT2D eigenvalue weighted by Crippen LogP contribution is 2.51. The number of rotatable bonds is 6. The van der Waals surface area contributed by atoms with Gasteiger partial charge in [-0.15, -0.1) is 11.8 Å². The molecule has 6 nitrogen and oxygen atoms in total. The number of fused-ring (bicyclic) bond motifs is 1. The van der Waals surface area contributed by atoms with E-state index in [4.69, 9.17) is 4.74 Å². The average molecular weight is 431 g/mol. The van der Waals surface area contributed by atoms with Gasteiger partial charge in [-0.2, -0.15) is 0 Å². The van der Waals surface area contributed by atoms with Crippen LogP contribution in [-0.2, 0) is 25.5 Å². The van der Waals surface area contributed by atoms with Gasteiger partial charge in [0, 0.05) is 4.75 Å². The van der Waals surface area contributed by atoms with Crippen molar-refractivity contribution < 1.29 is 19.1 Å². The van der Waals surface area contributed by atoms with Gasteiger partial charge in [0.05, 0.1) is 13.0 Å². The molecule has 2 aliphatic heterocycles. The SMILES string of the molecule is CC1(C)S[C@@H]2[C@H](NC(=O)Cc3ccccc3)C(=O)N2[C@H]1C(=O)OCC1CCCCC1. The number of thioether (sulfide) groups is 1. The predicted molar refractivity (Wildman–Crippen MR) is 116 cm³/mol. The second kappa shape index (κ2) is 8.61. The van der Waals surface area contributed by atoms with Crippen molar-refractivity contribution in [3.05, 3.63) is 35.9 Å². The van der Waals surface area contributed by atoms with Crippen molar-refractivity contribution in [1.29, 1.82) is 0 Å². The first-order chi connectivity index (χ1) is 14.4. The average Bonchev–Trinajstić information content (AvgIpc) is 2.99. The van der Waals surface area contributed by atoms with Crippen LogP contribution in [0.4, 0.5) is 0 Å². The van der Waals surface area contributed by atoms with Crippen molar-refractivity contribution in [3.8, 4) is 0 Å². The molecule has 1 aromatic carbocycles. The van der Waals surface area contributed by atoms with Gasteiger partial charge >= 0.3 is 5.97 Å². The van der Waals surface area contributed by atoms with Crippen molar-refractivity contribution >= 4 is 29.5 Å². The van der Waals surface area contributed by atoms with Crippen LogP contribution in [0.3, 0.4) is 0 Å². The van der Waals surface area contributed by atoms with E-state index >= 15 is 0 Å². The van der Waals surface area contributed by atoms with Crippen LogP contribution in [0.2, 0.25) is 0 Å². The summed E-state index contributed by atoms with van der Waals surface area (Å²) in [5, 5.41) is 2.64. The van der Waals surface area contributed by atoms with E-state index in [1.165, 1.54) is 19.3 Å². The molecule has 1 N–H and O–H groups in total. The lowest BCUT2D eigenvalue weighted by molar-refractivity contribution is -0.165. The number of hydrogen-bond acceptors (Lipinski definition) is 5. The summed E-state index contributed by atoms with van der Waals surface area (Å²) in [5.74, 6) is -0.254. The van der Waals surface area contributed by atoms with E-state index < -0.39 is 16.8 Å². The first-order valence-corrected chi connectivity index (χ1v) is 11.7. The lowest BCUT2D eigenvalue weighted by atomic mass is 9.90. The Morgan fingerprint density at radius 2 is 1.87 bits per heavy atom. The third kappa shape index (κ3) is 4.22. The lowest BCUT2D eigenvalue weighted by Crippen LogP contribution is -2.70. The van der Waals surface area contributed by atoms with Gasteiger partial charge in [-0.25, -0.2) is 4.79 Å². The summed E-state index contributed by atoms with van der Waals surface area (Å²) < 4.78 is 5.21. The topological polar surface area (TPSA) is 75.7 Å². The van der Waals surface area contributed by atoms with E-state index in [-0.39, 0.29) is 29.6 Å². The molecule has 4 rings (SSSR count).